The zero-order valence-corrected chi connectivity index (χ0v) is 6.46. The lowest BCUT2D eigenvalue weighted by Crippen LogP contribution is -1.69. The molecule has 0 bridgehead atoms. The summed E-state index contributed by atoms with van der Waals surface area (Å²) < 4.78 is 0. The van der Waals surface area contributed by atoms with Gasteiger partial charge in [-0.05, 0) is 20.9 Å². The van der Waals surface area contributed by atoms with Crippen LogP contribution in [0.25, 0.3) is 0 Å². The van der Waals surface area contributed by atoms with Crippen molar-refractivity contribution in [3.05, 3.63) is 0 Å². The Morgan fingerprint density at radius 3 is 1.00 bits per heavy atom. The van der Waals surface area contributed by atoms with Crippen LogP contribution in [0, 0.1) is 0 Å². The summed E-state index contributed by atoms with van der Waals surface area (Å²) in [5.41, 5.74) is 4.50. The minimum Gasteiger partial charge on any atom is -0.397 e. The molecule has 3 nitrogen and oxygen atoms in total. The highest BCUT2D eigenvalue weighted by atomic mass is 16.3. The van der Waals surface area contributed by atoms with E-state index in [1.54, 1.807) is 13.8 Å². The van der Waals surface area contributed by atoms with Crippen molar-refractivity contribution in [2.45, 2.75) is 13.8 Å². The fourth-order valence-electron chi connectivity index (χ4n) is 0. The summed E-state index contributed by atoms with van der Waals surface area (Å²) in [5.74, 6) is 0. The van der Waals surface area contributed by atoms with Crippen LogP contribution in [0.5, 0.6) is 0 Å². The fourth-order valence-corrected chi connectivity index (χ4v) is 0. The molecule has 0 saturated carbocycles. The summed E-state index contributed by atoms with van der Waals surface area (Å²) in [7, 11) is 1.50. The van der Waals surface area contributed by atoms with E-state index in [0.29, 0.717) is 0 Å². The van der Waals surface area contributed by atoms with E-state index in [1.807, 2.05) is 0 Å². The van der Waals surface area contributed by atoms with Gasteiger partial charge in [0.1, 0.15) is 0 Å². The molecule has 3 radical (unpaired) electrons. The van der Waals surface area contributed by atoms with Gasteiger partial charge in [-0.2, -0.15) is 0 Å². The number of nitrogens with two attached hydrogens (primary N) is 1. The molecule has 0 aliphatic carbocycles. The van der Waals surface area contributed by atoms with Gasteiger partial charge in [-0.15, -0.1) is 0 Å². The van der Waals surface area contributed by atoms with Crippen LogP contribution in [0.2, 0.25) is 0 Å². The van der Waals surface area contributed by atoms with E-state index >= 15 is 0 Å². The Balaban J connectivity index is -0.0000000202. The molecule has 0 rings (SSSR count). The van der Waals surface area contributed by atoms with Crippen LogP contribution in [0.1, 0.15) is 13.8 Å². The van der Waals surface area contributed by atoms with Crippen LogP contribution in [0.3, 0.4) is 0 Å². The maximum Gasteiger partial charge on any atom is 0.0402 e. The molecule has 0 spiro atoms. The molecule has 0 amide bonds. The standard InChI is InChI=1S/2C2H6O.CH5N.B/c2*1-2-3;1-2;/h2*3H,2H2,1H3;2H2,1H3;. The van der Waals surface area contributed by atoms with Crippen molar-refractivity contribution in [2.24, 2.45) is 5.73 Å². The Hall–Kier alpha value is -0.0551. The summed E-state index contributed by atoms with van der Waals surface area (Å²) >= 11 is 0. The molecule has 0 aliphatic rings. The second-order valence-electron chi connectivity index (χ2n) is 0.632. The van der Waals surface area contributed by atoms with E-state index in [-0.39, 0.29) is 21.6 Å². The summed E-state index contributed by atoms with van der Waals surface area (Å²) in [6.07, 6.45) is 0. The third-order valence-corrected chi connectivity index (χ3v) is 0. The quantitative estimate of drug-likeness (QED) is 0.379. The average Bonchev–Trinajstić information content (AvgIpc) is 1.75. The molecule has 0 aromatic carbocycles. The molecule has 0 unspecified atom stereocenters. The zero-order chi connectivity index (χ0) is 7.41. The number of hydrogen-bond donors (Lipinski definition) is 3. The largest absolute Gasteiger partial charge is 0.397 e. The van der Waals surface area contributed by atoms with E-state index in [2.05, 4.69) is 5.73 Å². The molecule has 9 heavy (non-hydrogen) atoms. The highest BCUT2D eigenvalue weighted by Crippen LogP contribution is 1.30. The minimum atomic E-state index is 0. The van der Waals surface area contributed by atoms with Gasteiger partial charge in [0.15, 0.2) is 0 Å². The van der Waals surface area contributed by atoms with E-state index in [1.165, 1.54) is 7.05 Å². The van der Waals surface area contributed by atoms with Gasteiger partial charge in [0.2, 0.25) is 0 Å². The van der Waals surface area contributed by atoms with E-state index in [4.69, 9.17) is 10.2 Å². The van der Waals surface area contributed by atoms with Gasteiger partial charge in [-0.1, -0.05) is 0 Å². The first-order valence-electron chi connectivity index (χ1n) is 2.62. The monoisotopic (exact) mass is 134 g/mol. The first-order chi connectivity index (χ1) is 3.83. The first kappa shape index (κ1) is 23.1. The zero-order valence-electron chi connectivity index (χ0n) is 6.46. The van der Waals surface area contributed by atoms with Crippen LogP contribution in [0.15, 0.2) is 0 Å². The summed E-state index contributed by atoms with van der Waals surface area (Å²) in [6.45, 7) is 3.86. The molecular weight excluding hydrogens is 117 g/mol. The van der Waals surface area contributed by atoms with Crippen LogP contribution in [-0.2, 0) is 0 Å². The van der Waals surface area contributed by atoms with Gasteiger partial charge >= 0.3 is 0 Å². The lowest BCUT2D eigenvalue weighted by Gasteiger charge is -1.52. The van der Waals surface area contributed by atoms with Crippen molar-refractivity contribution in [3.63, 3.8) is 0 Å². The fraction of sp³-hybridized carbons (Fsp3) is 1.00. The summed E-state index contributed by atoms with van der Waals surface area (Å²) in [5, 5.41) is 15.1. The third-order valence-electron chi connectivity index (χ3n) is 0. The van der Waals surface area contributed by atoms with E-state index < -0.39 is 0 Å². The smallest absolute Gasteiger partial charge is 0.0402 e. The second kappa shape index (κ2) is 101. The molecule has 0 aliphatic heterocycles. The maximum absolute atomic E-state index is 7.57. The maximum atomic E-state index is 7.57. The normalized spacial score (nSPS) is 4.67. The molecule has 4 N–H and O–H groups in total. The van der Waals surface area contributed by atoms with Crippen molar-refractivity contribution in [2.75, 3.05) is 20.3 Å². The topological polar surface area (TPSA) is 66.5 Å². The Labute approximate surface area is 59.5 Å². The molecular formula is C5H17BNO2. The van der Waals surface area contributed by atoms with Crippen LogP contribution < -0.4 is 5.73 Å². The molecule has 57 valence electrons. The van der Waals surface area contributed by atoms with E-state index in [0.717, 1.165) is 0 Å². The van der Waals surface area contributed by atoms with Gasteiger partial charge in [-0.25, -0.2) is 0 Å². The predicted molar refractivity (Wildman–Crippen MR) is 41.4 cm³/mol. The molecule has 0 aromatic rings. The minimum absolute atomic E-state index is 0. The Morgan fingerprint density at radius 1 is 1.00 bits per heavy atom. The molecule has 0 atom stereocenters. The summed E-state index contributed by atoms with van der Waals surface area (Å²) in [6, 6.07) is 0. The highest BCUT2D eigenvalue weighted by molar-refractivity contribution is 5.75. The molecule has 0 heterocycles. The molecule has 0 fully saturated rings. The Morgan fingerprint density at radius 2 is 1.00 bits per heavy atom. The van der Waals surface area contributed by atoms with Gasteiger partial charge < -0.3 is 15.9 Å². The number of hydrogen-bond acceptors (Lipinski definition) is 3. The van der Waals surface area contributed by atoms with Crippen molar-refractivity contribution >= 4 is 8.41 Å². The third kappa shape index (κ3) is 92600. The molecule has 0 saturated heterocycles. The second-order valence-corrected chi connectivity index (χ2v) is 0.632. The number of aliphatic hydroxyl groups excluding tert-OH is 2. The van der Waals surface area contributed by atoms with Gasteiger partial charge in [0, 0.05) is 21.6 Å². The van der Waals surface area contributed by atoms with Gasteiger partial charge in [0.25, 0.3) is 0 Å². The predicted octanol–water partition coefficient (Wildman–Crippen LogP) is -0.809. The van der Waals surface area contributed by atoms with Crippen LogP contribution in [0.4, 0.5) is 0 Å². The van der Waals surface area contributed by atoms with Crippen molar-refractivity contribution in [3.8, 4) is 0 Å². The lowest BCUT2D eigenvalue weighted by atomic mass is 10.8. The van der Waals surface area contributed by atoms with Crippen molar-refractivity contribution < 1.29 is 10.2 Å². The summed E-state index contributed by atoms with van der Waals surface area (Å²) in [4.78, 5) is 0. The Bertz CT molecular complexity index is 16.9. The van der Waals surface area contributed by atoms with Gasteiger partial charge in [-0.3, -0.25) is 0 Å². The SMILES string of the molecule is CCO.CCO.CN.[B]. The highest BCUT2D eigenvalue weighted by Gasteiger charge is 1.34. The van der Waals surface area contributed by atoms with Gasteiger partial charge in [0.05, 0.1) is 0 Å². The average molecular weight is 134 g/mol. The lowest BCUT2D eigenvalue weighted by molar-refractivity contribution is 0.318. The van der Waals surface area contributed by atoms with E-state index in [9.17, 15) is 0 Å². The number of rotatable bonds is 0. The van der Waals surface area contributed by atoms with Crippen LogP contribution in [-0.4, -0.2) is 38.9 Å². The first-order valence-corrected chi connectivity index (χ1v) is 2.62. The van der Waals surface area contributed by atoms with Crippen LogP contribution >= 0.6 is 0 Å². The van der Waals surface area contributed by atoms with Crippen molar-refractivity contribution in [1.82, 2.24) is 0 Å². The molecule has 0 aromatic heterocycles. The van der Waals surface area contributed by atoms with Crippen molar-refractivity contribution in [1.29, 1.82) is 0 Å². The Kier molecular flexibility index (Phi) is 260. The number of aliphatic hydroxyl groups is 2. The molecule has 4 heteroatoms.